The number of carbonyl (C=O) groups is 3. The van der Waals surface area contributed by atoms with Crippen molar-refractivity contribution in [2.24, 2.45) is 0 Å². The quantitative estimate of drug-likeness (QED) is 0.470. The van der Waals surface area contributed by atoms with Crippen molar-refractivity contribution in [2.45, 2.75) is 19.4 Å². The highest BCUT2D eigenvalue weighted by molar-refractivity contribution is 5.94. The number of amides is 1. The van der Waals surface area contributed by atoms with Gasteiger partial charge < -0.3 is 24.3 Å². The van der Waals surface area contributed by atoms with Crippen molar-refractivity contribution in [1.82, 2.24) is 5.32 Å². The maximum atomic E-state index is 12.5. The Bertz CT molecular complexity index is 910. The molecule has 0 saturated carbocycles. The van der Waals surface area contributed by atoms with Crippen LogP contribution < -0.4 is 19.5 Å². The number of esters is 1. The second-order valence-electron chi connectivity index (χ2n) is 6.39. The highest BCUT2D eigenvalue weighted by atomic mass is 16.5. The Balaban J connectivity index is 2.12. The molecule has 8 heteroatoms. The summed E-state index contributed by atoms with van der Waals surface area (Å²) in [5.74, 6) is 0.372. The summed E-state index contributed by atoms with van der Waals surface area (Å²) in [6, 6.07) is 11.0. The van der Waals surface area contributed by atoms with Gasteiger partial charge in [-0.15, -0.1) is 0 Å². The number of ketones is 1. The van der Waals surface area contributed by atoms with Crippen molar-refractivity contribution in [1.29, 1.82) is 0 Å². The summed E-state index contributed by atoms with van der Waals surface area (Å²) in [4.78, 5) is 35.8. The summed E-state index contributed by atoms with van der Waals surface area (Å²) in [5, 5.41) is 2.77. The second kappa shape index (κ2) is 10.8. The lowest BCUT2D eigenvalue weighted by molar-refractivity contribution is -0.141. The first-order valence-electron chi connectivity index (χ1n) is 9.19. The molecule has 0 aliphatic carbocycles. The summed E-state index contributed by atoms with van der Waals surface area (Å²) in [7, 11) is 4.29. The summed E-state index contributed by atoms with van der Waals surface area (Å²) >= 11 is 0. The Morgan fingerprint density at radius 2 is 1.70 bits per heavy atom. The zero-order chi connectivity index (χ0) is 22.1. The van der Waals surface area contributed by atoms with Gasteiger partial charge in [-0.3, -0.25) is 14.4 Å². The molecule has 1 N–H and O–H groups in total. The third kappa shape index (κ3) is 6.23. The molecule has 1 atom stereocenters. The third-order valence-corrected chi connectivity index (χ3v) is 4.35. The molecule has 0 radical (unpaired) electrons. The maximum Gasteiger partial charge on any atom is 0.307 e. The fraction of sp³-hybridized carbons (Fsp3) is 0.318. The van der Waals surface area contributed by atoms with Gasteiger partial charge in [-0.25, -0.2) is 0 Å². The van der Waals surface area contributed by atoms with Crippen molar-refractivity contribution in [3.05, 3.63) is 53.6 Å². The zero-order valence-corrected chi connectivity index (χ0v) is 17.4. The molecule has 30 heavy (non-hydrogen) atoms. The van der Waals surface area contributed by atoms with Crippen LogP contribution in [0.2, 0.25) is 0 Å². The number of methoxy groups -OCH3 is 3. The van der Waals surface area contributed by atoms with Gasteiger partial charge in [0, 0.05) is 5.56 Å². The van der Waals surface area contributed by atoms with Crippen molar-refractivity contribution in [3.63, 3.8) is 0 Å². The van der Waals surface area contributed by atoms with Crippen LogP contribution in [-0.2, 0) is 14.3 Å². The predicted octanol–water partition coefficient (Wildman–Crippen LogP) is 2.71. The first-order valence-corrected chi connectivity index (χ1v) is 9.19. The van der Waals surface area contributed by atoms with Gasteiger partial charge in [-0.2, -0.15) is 0 Å². The van der Waals surface area contributed by atoms with E-state index in [1.54, 1.807) is 42.5 Å². The van der Waals surface area contributed by atoms with E-state index in [2.05, 4.69) is 5.32 Å². The highest BCUT2D eigenvalue weighted by Gasteiger charge is 2.21. The van der Waals surface area contributed by atoms with Crippen molar-refractivity contribution in [3.8, 4) is 17.2 Å². The molecule has 0 bridgehead atoms. The van der Waals surface area contributed by atoms with Crippen LogP contribution >= 0.6 is 0 Å². The molecule has 1 unspecified atom stereocenters. The molecule has 0 aliphatic heterocycles. The van der Waals surface area contributed by atoms with Gasteiger partial charge >= 0.3 is 5.97 Å². The van der Waals surface area contributed by atoms with E-state index >= 15 is 0 Å². The fourth-order valence-electron chi connectivity index (χ4n) is 2.76. The Morgan fingerprint density at radius 3 is 2.33 bits per heavy atom. The SMILES string of the molecule is COC(=O)CC(NC(=O)COc1cccc(C(C)=O)c1)c1ccc(OC)c(OC)c1. The highest BCUT2D eigenvalue weighted by Crippen LogP contribution is 2.31. The Hall–Kier alpha value is -3.55. The number of hydrogen-bond acceptors (Lipinski definition) is 7. The number of ether oxygens (including phenoxy) is 4. The number of hydrogen-bond donors (Lipinski definition) is 1. The number of Topliss-reactive ketones (excluding diaryl/α,β-unsaturated/α-hetero) is 1. The minimum Gasteiger partial charge on any atom is -0.493 e. The first kappa shape index (κ1) is 22.7. The van der Waals surface area contributed by atoms with Crippen LogP contribution in [0.15, 0.2) is 42.5 Å². The average molecular weight is 415 g/mol. The van der Waals surface area contributed by atoms with Gasteiger partial charge in [-0.1, -0.05) is 18.2 Å². The van der Waals surface area contributed by atoms with Gasteiger partial charge in [0.1, 0.15) is 5.75 Å². The molecule has 8 nitrogen and oxygen atoms in total. The zero-order valence-electron chi connectivity index (χ0n) is 17.4. The largest absolute Gasteiger partial charge is 0.493 e. The van der Waals surface area contributed by atoms with Crippen LogP contribution in [0, 0.1) is 0 Å². The number of nitrogens with one attached hydrogen (secondary N) is 1. The molecule has 1 amide bonds. The monoisotopic (exact) mass is 415 g/mol. The Labute approximate surface area is 175 Å². The maximum absolute atomic E-state index is 12.5. The topological polar surface area (TPSA) is 100 Å². The van der Waals surface area contributed by atoms with Gasteiger partial charge in [0.2, 0.25) is 0 Å². The van der Waals surface area contributed by atoms with Crippen LogP contribution in [0.1, 0.15) is 35.3 Å². The minimum atomic E-state index is -0.656. The number of carbonyl (C=O) groups excluding carboxylic acids is 3. The van der Waals surface area contributed by atoms with E-state index < -0.39 is 17.9 Å². The summed E-state index contributed by atoms with van der Waals surface area (Å²) < 4.78 is 20.7. The Kier molecular flexibility index (Phi) is 8.22. The summed E-state index contributed by atoms with van der Waals surface area (Å²) in [6.07, 6.45) is -0.0719. The lowest BCUT2D eigenvalue weighted by Gasteiger charge is -2.20. The van der Waals surface area contributed by atoms with Gasteiger partial charge in [0.05, 0.1) is 33.8 Å². The molecule has 2 aromatic carbocycles. The Morgan fingerprint density at radius 1 is 0.967 bits per heavy atom. The van der Waals surface area contributed by atoms with Crippen molar-refractivity contribution in [2.75, 3.05) is 27.9 Å². The molecule has 0 aliphatic rings. The van der Waals surface area contributed by atoms with E-state index in [0.29, 0.717) is 28.4 Å². The van der Waals surface area contributed by atoms with E-state index in [-0.39, 0.29) is 18.8 Å². The van der Waals surface area contributed by atoms with Crippen molar-refractivity contribution < 1.29 is 33.3 Å². The molecule has 0 fully saturated rings. The standard InChI is InChI=1S/C22H25NO7/c1-14(24)15-6-5-7-17(10-15)30-13-21(25)23-18(12-22(26)29-4)16-8-9-19(27-2)20(11-16)28-3/h5-11,18H,12-13H2,1-4H3,(H,23,25). The molecular formula is C22H25NO7. The van der Waals surface area contributed by atoms with Crippen LogP contribution in [0.25, 0.3) is 0 Å². The third-order valence-electron chi connectivity index (χ3n) is 4.35. The molecule has 2 aromatic rings. The lowest BCUT2D eigenvalue weighted by atomic mass is 10.0. The molecule has 160 valence electrons. The molecule has 0 spiro atoms. The summed E-state index contributed by atoms with van der Waals surface area (Å²) in [5.41, 5.74) is 1.13. The van der Waals surface area contributed by atoms with Gasteiger partial charge in [0.25, 0.3) is 5.91 Å². The van der Waals surface area contributed by atoms with Gasteiger partial charge in [0.15, 0.2) is 23.9 Å². The molecule has 2 rings (SSSR count). The summed E-state index contributed by atoms with van der Waals surface area (Å²) in [6.45, 7) is 1.17. The van der Waals surface area contributed by atoms with Crippen molar-refractivity contribution >= 4 is 17.7 Å². The van der Waals surface area contributed by atoms with E-state index in [1.807, 2.05) is 0 Å². The van der Waals surface area contributed by atoms with E-state index in [4.69, 9.17) is 18.9 Å². The molecule has 0 aromatic heterocycles. The number of rotatable bonds is 10. The van der Waals surface area contributed by atoms with Crippen LogP contribution in [0.3, 0.4) is 0 Å². The lowest BCUT2D eigenvalue weighted by Crippen LogP contribution is -2.34. The predicted molar refractivity (Wildman–Crippen MR) is 109 cm³/mol. The fourth-order valence-corrected chi connectivity index (χ4v) is 2.76. The van der Waals surface area contributed by atoms with E-state index in [1.165, 1.54) is 28.3 Å². The second-order valence-corrected chi connectivity index (χ2v) is 6.39. The number of benzene rings is 2. The van der Waals surface area contributed by atoms with Crippen LogP contribution in [-0.4, -0.2) is 45.6 Å². The van der Waals surface area contributed by atoms with Crippen LogP contribution in [0.5, 0.6) is 17.2 Å². The van der Waals surface area contributed by atoms with Gasteiger partial charge in [-0.05, 0) is 36.8 Å². The molecule has 0 heterocycles. The smallest absolute Gasteiger partial charge is 0.307 e. The van der Waals surface area contributed by atoms with E-state index in [9.17, 15) is 14.4 Å². The van der Waals surface area contributed by atoms with Crippen LogP contribution in [0.4, 0.5) is 0 Å². The molecular weight excluding hydrogens is 390 g/mol. The minimum absolute atomic E-state index is 0.0719. The molecule has 0 saturated heterocycles. The first-order chi connectivity index (χ1) is 14.4. The van der Waals surface area contributed by atoms with E-state index in [0.717, 1.165) is 0 Å². The average Bonchev–Trinajstić information content (AvgIpc) is 2.76. The normalized spacial score (nSPS) is 11.2.